The number of fused-ring (bicyclic) bond motifs is 4. The second kappa shape index (κ2) is 9.47. The largest absolute Gasteiger partial charge is 0.0616 e. The summed E-state index contributed by atoms with van der Waals surface area (Å²) in [5.74, 6) is 0. The van der Waals surface area contributed by atoms with Gasteiger partial charge in [0.05, 0.1) is 0 Å². The topological polar surface area (TPSA) is 0 Å². The Morgan fingerprint density at radius 2 is 0.780 bits per heavy atom. The van der Waals surface area contributed by atoms with E-state index in [1.54, 1.807) is 0 Å². The first-order valence-electron chi connectivity index (χ1n) is 14.3. The minimum absolute atomic E-state index is 1.26. The molecule has 8 rings (SSSR count). The van der Waals surface area contributed by atoms with Gasteiger partial charge in [0.1, 0.15) is 0 Å². The van der Waals surface area contributed by atoms with Gasteiger partial charge in [-0.1, -0.05) is 157 Å². The van der Waals surface area contributed by atoms with Gasteiger partial charge in [-0.3, -0.25) is 0 Å². The van der Waals surface area contributed by atoms with E-state index in [2.05, 4.69) is 159 Å². The molecule has 0 saturated carbocycles. The van der Waals surface area contributed by atoms with Gasteiger partial charge in [0.25, 0.3) is 0 Å². The quantitative estimate of drug-likeness (QED) is 0.203. The molecule has 0 saturated heterocycles. The first-order valence-corrected chi connectivity index (χ1v) is 14.3. The number of rotatable bonds is 3. The van der Waals surface area contributed by atoms with E-state index >= 15 is 0 Å². The predicted octanol–water partition coefficient (Wildman–Crippen LogP) is 11.6. The summed E-state index contributed by atoms with van der Waals surface area (Å²) in [6, 6.07) is 55.6. The molecule has 0 atom stereocenters. The van der Waals surface area contributed by atoms with Crippen LogP contribution in [0.5, 0.6) is 0 Å². The first kappa shape index (κ1) is 23.7. The Kier molecular flexibility index (Phi) is 5.47. The van der Waals surface area contributed by atoms with Gasteiger partial charge < -0.3 is 0 Å². The van der Waals surface area contributed by atoms with Crippen LogP contribution in [0.2, 0.25) is 0 Å². The molecule has 0 aliphatic rings. The zero-order valence-electron chi connectivity index (χ0n) is 22.9. The number of hydrogen-bond acceptors (Lipinski definition) is 0. The molecule has 0 aromatic heterocycles. The molecule has 0 heteroatoms. The summed E-state index contributed by atoms with van der Waals surface area (Å²) >= 11 is 0. The third-order valence-electron chi connectivity index (χ3n) is 8.51. The molecule has 8 aromatic rings. The maximum atomic E-state index is 2.35. The number of aryl methyl sites for hydroxylation is 1. The van der Waals surface area contributed by atoms with Gasteiger partial charge in [-0.25, -0.2) is 0 Å². The normalized spacial score (nSPS) is 11.5. The third kappa shape index (κ3) is 3.76. The standard InChI is InChI=1S/C41H28/c1-27-12-10-15-29(26-27)40-35-19-6-8-21-37(35)41(38-22-9-7-20-36(38)40)39-25-24-34(32-17-4-5-18-33(32)39)31-23-11-14-28-13-2-3-16-30(28)31/h2-26H,1H3. The fourth-order valence-corrected chi connectivity index (χ4v) is 6.74. The number of hydrogen-bond donors (Lipinski definition) is 0. The Bertz CT molecular complexity index is 2210. The van der Waals surface area contributed by atoms with Crippen molar-refractivity contribution >= 4 is 43.1 Å². The van der Waals surface area contributed by atoms with Crippen molar-refractivity contribution in [3.05, 3.63) is 157 Å². The lowest BCUT2D eigenvalue weighted by molar-refractivity contribution is 1.47. The zero-order chi connectivity index (χ0) is 27.3. The molecule has 0 nitrogen and oxygen atoms in total. The Morgan fingerprint density at radius 1 is 0.317 bits per heavy atom. The van der Waals surface area contributed by atoms with Gasteiger partial charge in [0.15, 0.2) is 0 Å². The molecule has 0 heterocycles. The smallest absolute Gasteiger partial charge is 0.00201 e. The predicted molar refractivity (Wildman–Crippen MR) is 178 cm³/mol. The van der Waals surface area contributed by atoms with Gasteiger partial charge in [-0.05, 0) is 83.4 Å². The molecule has 0 fully saturated rings. The van der Waals surface area contributed by atoms with Crippen LogP contribution in [0.15, 0.2) is 152 Å². The molecule has 0 aliphatic heterocycles. The average Bonchev–Trinajstić information content (AvgIpc) is 3.03. The highest BCUT2D eigenvalue weighted by molar-refractivity contribution is 6.24. The van der Waals surface area contributed by atoms with E-state index in [4.69, 9.17) is 0 Å². The van der Waals surface area contributed by atoms with E-state index in [-0.39, 0.29) is 0 Å². The van der Waals surface area contributed by atoms with Crippen LogP contribution in [0.25, 0.3) is 76.5 Å². The van der Waals surface area contributed by atoms with Crippen molar-refractivity contribution in [3.63, 3.8) is 0 Å². The summed E-state index contributed by atoms with van der Waals surface area (Å²) in [6.07, 6.45) is 0. The Balaban J connectivity index is 1.48. The molecule has 0 radical (unpaired) electrons. The van der Waals surface area contributed by atoms with E-state index in [0.29, 0.717) is 0 Å². The molecule has 192 valence electrons. The summed E-state index contributed by atoms with van der Waals surface area (Å²) in [5, 5.41) is 10.2. The van der Waals surface area contributed by atoms with Crippen molar-refractivity contribution in [2.45, 2.75) is 6.92 Å². The maximum absolute atomic E-state index is 2.35. The molecule has 8 aromatic carbocycles. The van der Waals surface area contributed by atoms with E-state index < -0.39 is 0 Å². The van der Waals surface area contributed by atoms with Crippen molar-refractivity contribution in [3.8, 4) is 33.4 Å². The fraction of sp³-hybridized carbons (Fsp3) is 0.0244. The SMILES string of the molecule is Cc1cccc(-c2c3ccccc3c(-c3ccc(-c4cccc5ccccc45)c4ccccc34)c3ccccc23)c1. The molecule has 0 bridgehead atoms. The minimum atomic E-state index is 1.26. The Morgan fingerprint density at radius 3 is 1.44 bits per heavy atom. The van der Waals surface area contributed by atoms with Crippen LogP contribution in [-0.2, 0) is 0 Å². The van der Waals surface area contributed by atoms with Crippen LogP contribution in [0, 0.1) is 6.92 Å². The van der Waals surface area contributed by atoms with E-state index in [1.807, 2.05) is 0 Å². The lowest BCUT2D eigenvalue weighted by Gasteiger charge is -2.20. The number of benzene rings is 8. The fourth-order valence-electron chi connectivity index (χ4n) is 6.74. The maximum Gasteiger partial charge on any atom is -0.00201 e. The molecule has 0 unspecified atom stereocenters. The lowest BCUT2D eigenvalue weighted by atomic mass is 9.83. The summed E-state index contributed by atoms with van der Waals surface area (Å²) in [5.41, 5.74) is 8.96. The summed E-state index contributed by atoms with van der Waals surface area (Å²) in [6.45, 7) is 2.17. The minimum Gasteiger partial charge on any atom is -0.0616 e. The van der Waals surface area contributed by atoms with E-state index in [0.717, 1.165) is 0 Å². The Hall–Kier alpha value is -5.20. The van der Waals surface area contributed by atoms with Gasteiger partial charge in [0.2, 0.25) is 0 Å². The average molecular weight is 521 g/mol. The van der Waals surface area contributed by atoms with Gasteiger partial charge >= 0.3 is 0 Å². The molecular formula is C41H28. The van der Waals surface area contributed by atoms with Crippen molar-refractivity contribution in [1.29, 1.82) is 0 Å². The van der Waals surface area contributed by atoms with Crippen LogP contribution in [-0.4, -0.2) is 0 Å². The molecule has 0 spiro atoms. The second-order valence-electron chi connectivity index (χ2n) is 10.9. The van der Waals surface area contributed by atoms with E-state index in [1.165, 1.54) is 82.0 Å². The van der Waals surface area contributed by atoms with E-state index in [9.17, 15) is 0 Å². The molecule has 41 heavy (non-hydrogen) atoms. The summed E-state index contributed by atoms with van der Waals surface area (Å²) < 4.78 is 0. The van der Waals surface area contributed by atoms with Crippen LogP contribution >= 0.6 is 0 Å². The molecule has 0 N–H and O–H groups in total. The van der Waals surface area contributed by atoms with Gasteiger partial charge in [0, 0.05) is 0 Å². The van der Waals surface area contributed by atoms with Crippen molar-refractivity contribution in [2.75, 3.05) is 0 Å². The van der Waals surface area contributed by atoms with Crippen LogP contribution < -0.4 is 0 Å². The first-order chi connectivity index (χ1) is 20.3. The summed E-state index contributed by atoms with van der Waals surface area (Å²) in [4.78, 5) is 0. The highest BCUT2D eigenvalue weighted by Gasteiger charge is 2.19. The van der Waals surface area contributed by atoms with Crippen LogP contribution in [0.1, 0.15) is 5.56 Å². The van der Waals surface area contributed by atoms with Crippen LogP contribution in [0.4, 0.5) is 0 Å². The Labute approximate surface area is 240 Å². The third-order valence-corrected chi connectivity index (χ3v) is 8.51. The lowest BCUT2D eigenvalue weighted by Crippen LogP contribution is -1.93. The molecule has 0 aliphatic carbocycles. The van der Waals surface area contributed by atoms with Crippen LogP contribution in [0.3, 0.4) is 0 Å². The zero-order valence-corrected chi connectivity index (χ0v) is 22.9. The van der Waals surface area contributed by atoms with Crippen molar-refractivity contribution < 1.29 is 0 Å². The highest BCUT2D eigenvalue weighted by Crippen LogP contribution is 2.46. The van der Waals surface area contributed by atoms with Gasteiger partial charge in [-0.15, -0.1) is 0 Å². The highest BCUT2D eigenvalue weighted by atomic mass is 14.2. The molecule has 0 amide bonds. The second-order valence-corrected chi connectivity index (χ2v) is 10.9. The molecular weight excluding hydrogens is 492 g/mol. The monoisotopic (exact) mass is 520 g/mol. The van der Waals surface area contributed by atoms with Crippen molar-refractivity contribution in [1.82, 2.24) is 0 Å². The summed E-state index contributed by atoms with van der Waals surface area (Å²) in [7, 11) is 0. The van der Waals surface area contributed by atoms with Gasteiger partial charge in [-0.2, -0.15) is 0 Å². The van der Waals surface area contributed by atoms with Crippen molar-refractivity contribution in [2.24, 2.45) is 0 Å².